The van der Waals surface area contributed by atoms with Crippen molar-refractivity contribution < 1.29 is 32.2 Å². The molecule has 3 N–H and O–H groups in total. The van der Waals surface area contributed by atoms with Crippen LogP contribution in [0.25, 0.3) is 0 Å². The lowest BCUT2D eigenvalue weighted by molar-refractivity contribution is -0.145. The Balaban J connectivity index is 1.41. The number of pyridine rings is 1. The van der Waals surface area contributed by atoms with Gasteiger partial charge < -0.3 is 20.5 Å². The van der Waals surface area contributed by atoms with Crippen LogP contribution in [-0.4, -0.2) is 54.7 Å². The second kappa shape index (κ2) is 15.0. The molecule has 0 amide bonds. The lowest BCUT2D eigenvalue weighted by Crippen LogP contribution is -2.49. The summed E-state index contributed by atoms with van der Waals surface area (Å²) in [7, 11) is 0. The number of hydrogen-bond acceptors (Lipinski definition) is 7. The predicted octanol–water partition coefficient (Wildman–Crippen LogP) is 4.40. The summed E-state index contributed by atoms with van der Waals surface area (Å²) in [4.78, 5) is 29.1. The van der Waals surface area contributed by atoms with E-state index >= 15 is 0 Å². The predicted molar refractivity (Wildman–Crippen MR) is 151 cm³/mol. The van der Waals surface area contributed by atoms with Crippen LogP contribution in [0.1, 0.15) is 54.4 Å². The molecular formula is C32H36F3N3O4. The van der Waals surface area contributed by atoms with Crippen molar-refractivity contribution in [2.75, 3.05) is 19.8 Å². The molecule has 0 radical (unpaired) electrons. The Morgan fingerprint density at radius 3 is 2.26 bits per heavy atom. The van der Waals surface area contributed by atoms with Crippen LogP contribution in [0.3, 0.4) is 0 Å². The topological polar surface area (TPSA) is 104 Å². The van der Waals surface area contributed by atoms with E-state index in [4.69, 9.17) is 15.2 Å². The van der Waals surface area contributed by atoms with Gasteiger partial charge in [0.05, 0.1) is 31.0 Å². The van der Waals surface area contributed by atoms with E-state index in [1.54, 1.807) is 24.3 Å². The number of morpholine rings is 1. The number of hydrogen-bond donors (Lipinski definition) is 2. The third kappa shape index (κ3) is 8.47. The Morgan fingerprint density at radius 1 is 1.05 bits per heavy atom. The number of benzene rings is 2. The number of rotatable bonds is 13. The molecule has 1 fully saturated rings. The first-order valence-electron chi connectivity index (χ1n) is 14.2. The van der Waals surface area contributed by atoms with E-state index in [1.165, 1.54) is 30.5 Å². The number of aromatic nitrogens is 1. The summed E-state index contributed by atoms with van der Waals surface area (Å²) in [6, 6.07) is 10.1. The van der Waals surface area contributed by atoms with E-state index in [9.17, 15) is 22.8 Å². The van der Waals surface area contributed by atoms with Crippen LogP contribution in [0.4, 0.5) is 13.2 Å². The molecule has 10 heteroatoms. The Kier molecular flexibility index (Phi) is 11.2. The summed E-state index contributed by atoms with van der Waals surface area (Å²) < 4.78 is 53.4. The summed E-state index contributed by atoms with van der Waals surface area (Å²) in [5, 5.41) is 3.30. The van der Waals surface area contributed by atoms with Crippen LogP contribution in [0.5, 0.6) is 0 Å². The first-order valence-corrected chi connectivity index (χ1v) is 14.2. The molecule has 1 aromatic heterocycles. The number of nitrogens with two attached hydrogens (primary N) is 1. The minimum absolute atomic E-state index is 0.107. The van der Waals surface area contributed by atoms with Gasteiger partial charge in [-0.05, 0) is 65.8 Å². The van der Waals surface area contributed by atoms with Crippen molar-refractivity contribution in [1.29, 1.82) is 0 Å². The number of carbonyl (C=O) groups excluding carboxylic acids is 2. The molecule has 0 spiro atoms. The van der Waals surface area contributed by atoms with Gasteiger partial charge in [-0.2, -0.15) is 0 Å². The fourth-order valence-corrected chi connectivity index (χ4v) is 5.11. The van der Waals surface area contributed by atoms with Gasteiger partial charge in [0.1, 0.15) is 24.1 Å². The highest BCUT2D eigenvalue weighted by Crippen LogP contribution is 2.29. The molecule has 1 aliphatic rings. The molecule has 0 bridgehead atoms. The third-order valence-corrected chi connectivity index (χ3v) is 7.43. The molecule has 4 rings (SSSR count). The molecule has 1 saturated heterocycles. The lowest BCUT2D eigenvalue weighted by Gasteiger charge is -2.30. The first-order chi connectivity index (χ1) is 20.2. The minimum Gasteiger partial charge on any atom is -0.464 e. The van der Waals surface area contributed by atoms with Crippen molar-refractivity contribution >= 4 is 11.8 Å². The molecular weight excluding hydrogens is 547 g/mol. The molecule has 2 heterocycles. The number of carbonyl (C=O) groups is 2. The number of nitrogens with one attached hydrogen (secondary N) is 1. The maximum Gasteiger partial charge on any atom is 0.305 e. The van der Waals surface area contributed by atoms with Crippen molar-refractivity contribution in [3.05, 3.63) is 101 Å². The molecule has 0 saturated carbocycles. The Morgan fingerprint density at radius 2 is 1.69 bits per heavy atom. The second-order valence-electron chi connectivity index (χ2n) is 10.5. The number of ether oxygens (including phenoxy) is 2. The molecule has 1 aliphatic heterocycles. The smallest absolute Gasteiger partial charge is 0.305 e. The average molecular weight is 584 g/mol. The zero-order chi connectivity index (χ0) is 30.1. The highest BCUT2D eigenvalue weighted by atomic mass is 19.1. The van der Waals surface area contributed by atoms with Gasteiger partial charge in [0.25, 0.3) is 0 Å². The summed E-state index contributed by atoms with van der Waals surface area (Å²) in [6.45, 7) is 3.01. The van der Waals surface area contributed by atoms with Crippen LogP contribution in [0.2, 0.25) is 0 Å². The van der Waals surface area contributed by atoms with E-state index in [1.807, 2.05) is 6.92 Å². The number of halogens is 3. The van der Waals surface area contributed by atoms with Crippen molar-refractivity contribution in [2.24, 2.45) is 5.73 Å². The maximum atomic E-state index is 14.9. The van der Waals surface area contributed by atoms with Crippen LogP contribution in [-0.2, 0) is 31.9 Å². The van der Waals surface area contributed by atoms with Crippen LogP contribution >= 0.6 is 0 Å². The summed E-state index contributed by atoms with van der Waals surface area (Å²) in [5.74, 6) is -2.66. The first kappa shape index (κ1) is 31.3. The number of esters is 1. The van der Waals surface area contributed by atoms with E-state index in [-0.39, 0.29) is 36.9 Å². The van der Waals surface area contributed by atoms with Crippen molar-refractivity contribution in [3.8, 4) is 0 Å². The fraction of sp³-hybridized carbons (Fsp3) is 0.406. The number of ketones is 1. The summed E-state index contributed by atoms with van der Waals surface area (Å²) >= 11 is 0. The highest BCUT2D eigenvalue weighted by Gasteiger charge is 2.29. The normalized spacial score (nSPS) is 17.7. The average Bonchev–Trinajstić information content (AvgIpc) is 2.98. The van der Waals surface area contributed by atoms with Crippen molar-refractivity contribution in [2.45, 2.75) is 63.1 Å². The van der Waals surface area contributed by atoms with Gasteiger partial charge in [-0.3, -0.25) is 14.6 Å². The van der Waals surface area contributed by atoms with Gasteiger partial charge >= 0.3 is 5.97 Å². The van der Waals surface area contributed by atoms with Gasteiger partial charge in [0.2, 0.25) is 0 Å². The van der Waals surface area contributed by atoms with Gasteiger partial charge in [-0.25, -0.2) is 13.2 Å². The Labute approximate surface area is 243 Å². The van der Waals surface area contributed by atoms with Crippen LogP contribution in [0.15, 0.2) is 60.9 Å². The largest absolute Gasteiger partial charge is 0.464 e. The lowest BCUT2D eigenvalue weighted by atomic mass is 9.82. The molecule has 7 nitrogen and oxygen atoms in total. The van der Waals surface area contributed by atoms with Gasteiger partial charge in [-0.1, -0.05) is 31.2 Å². The number of Topliss-reactive ketones (excluding diaryl/α,β-unsaturated/α-hetero) is 1. The van der Waals surface area contributed by atoms with Crippen LogP contribution < -0.4 is 11.1 Å². The zero-order valence-electron chi connectivity index (χ0n) is 23.5. The Hall–Kier alpha value is -3.60. The quantitative estimate of drug-likeness (QED) is 0.288. The fourth-order valence-electron chi connectivity index (χ4n) is 5.11. The third-order valence-electron chi connectivity index (χ3n) is 7.43. The maximum absolute atomic E-state index is 14.9. The van der Waals surface area contributed by atoms with E-state index in [2.05, 4.69) is 10.3 Å². The molecule has 3 atom stereocenters. The second-order valence-corrected chi connectivity index (χ2v) is 10.5. The van der Waals surface area contributed by atoms with Crippen LogP contribution in [0, 0.1) is 17.5 Å². The standard InChI is InChI=1S/C32H36F3N3O4/c1-2-3-30(40)42-19-25-18-41-26(16-38-25)12-13-27-22(15-37-17-28(27)35)14-29(39)32(36)31(20-4-8-23(33)9-5-20)21-6-10-24(34)11-7-21/h4-11,15,17,25-26,31-32,38H,2-3,12-14,16,18-19,36H2,1H3/t25-,26+,32+/m0/s1. The van der Waals surface area contributed by atoms with Crippen molar-refractivity contribution in [1.82, 2.24) is 10.3 Å². The molecule has 0 aliphatic carbocycles. The van der Waals surface area contributed by atoms with E-state index in [0.717, 1.165) is 12.6 Å². The van der Waals surface area contributed by atoms with Gasteiger partial charge in [-0.15, -0.1) is 0 Å². The van der Waals surface area contributed by atoms with E-state index in [0.29, 0.717) is 54.7 Å². The minimum atomic E-state index is -1.06. The van der Waals surface area contributed by atoms with E-state index < -0.39 is 29.4 Å². The van der Waals surface area contributed by atoms with Gasteiger partial charge in [0, 0.05) is 31.5 Å². The monoisotopic (exact) mass is 583 g/mol. The molecule has 42 heavy (non-hydrogen) atoms. The van der Waals surface area contributed by atoms with Gasteiger partial charge in [0.15, 0.2) is 5.78 Å². The molecule has 0 unspecified atom stereocenters. The van der Waals surface area contributed by atoms with Crippen molar-refractivity contribution in [3.63, 3.8) is 0 Å². The summed E-state index contributed by atoms with van der Waals surface area (Å²) in [5.41, 5.74) is 8.48. The number of nitrogens with zero attached hydrogens (tertiary/aromatic N) is 1. The molecule has 224 valence electrons. The summed E-state index contributed by atoms with van der Waals surface area (Å²) in [6.07, 6.45) is 4.15. The molecule has 3 aromatic rings. The highest BCUT2D eigenvalue weighted by molar-refractivity contribution is 5.87. The SMILES string of the molecule is CCCC(=O)OC[C@@H]1CO[C@H](CCc2c(F)cncc2CC(=O)[C@@H](N)C(c2ccc(F)cc2)c2ccc(F)cc2)CN1. The molecule has 2 aromatic carbocycles. The Bertz CT molecular complexity index is 1280. The zero-order valence-corrected chi connectivity index (χ0v) is 23.5.